The molecule has 2 nitrogen and oxygen atoms in total. The van der Waals surface area contributed by atoms with Crippen LogP contribution in [0.5, 0.6) is 0 Å². The number of nitrogens with two attached hydrogens (primary N) is 1. The van der Waals surface area contributed by atoms with Crippen molar-refractivity contribution in [2.45, 2.75) is 31.7 Å². The van der Waals surface area contributed by atoms with Crippen molar-refractivity contribution < 1.29 is 0 Å². The summed E-state index contributed by atoms with van der Waals surface area (Å²) in [5.41, 5.74) is 3.11. The predicted molar refractivity (Wildman–Crippen MR) is 78.1 cm³/mol. The monoisotopic (exact) mass is 326 g/mol. The quantitative estimate of drug-likeness (QED) is 0.658. The van der Waals surface area contributed by atoms with Crippen LogP contribution in [0.1, 0.15) is 24.1 Å². The second kappa shape index (κ2) is 4.30. The second-order valence-corrected chi connectivity index (χ2v) is 8.80. The van der Waals surface area contributed by atoms with Gasteiger partial charge in [-0.05, 0) is 83.3 Å². The van der Waals surface area contributed by atoms with Crippen LogP contribution in [0.15, 0.2) is 15.9 Å². The summed E-state index contributed by atoms with van der Waals surface area (Å²) in [7, 11) is 0. The first-order chi connectivity index (χ1) is 8.78. The Balaban J connectivity index is 1.47. The molecule has 3 aliphatic carbocycles. The number of thiophene rings is 1. The van der Waals surface area contributed by atoms with Crippen molar-refractivity contribution in [3.8, 4) is 0 Å². The third-order valence-corrected chi connectivity index (χ3v) is 7.17. The molecule has 3 fully saturated rings. The summed E-state index contributed by atoms with van der Waals surface area (Å²) in [6.45, 7) is 0. The van der Waals surface area contributed by atoms with E-state index < -0.39 is 0 Å². The Morgan fingerprint density at radius 1 is 1.33 bits per heavy atom. The molecule has 0 aliphatic heterocycles. The highest BCUT2D eigenvalue weighted by Gasteiger charge is 2.66. The Kier molecular flexibility index (Phi) is 2.84. The topological polar surface area (TPSA) is 38.0 Å². The van der Waals surface area contributed by atoms with E-state index in [2.05, 4.69) is 33.5 Å². The lowest BCUT2D eigenvalue weighted by Gasteiger charge is -2.19. The molecule has 3 aliphatic rings. The van der Waals surface area contributed by atoms with Crippen LogP contribution in [0.4, 0.5) is 0 Å². The fourth-order valence-electron chi connectivity index (χ4n) is 4.91. The molecular weight excluding hydrogens is 308 g/mol. The van der Waals surface area contributed by atoms with E-state index in [0.29, 0.717) is 6.04 Å². The first kappa shape index (κ1) is 11.9. The van der Waals surface area contributed by atoms with Gasteiger partial charge >= 0.3 is 0 Å². The van der Waals surface area contributed by atoms with E-state index in [4.69, 9.17) is 5.84 Å². The van der Waals surface area contributed by atoms with Gasteiger partial charge in [0.2, 0.25) is 0 Å². The normalized spacial score (nSPS) is 42.0. The molecule has 4 heteroatoms. The maximum absolute atomic E-state index is 5.83. The van der Waals surface area contributed by atoms with Crippen molar-refractivity contribution in [1.82, 2.24) is 5.43 Å². The maximum Gasteiger partial charge on any atom is 0.0701 e. The van der Waals surface area contributed by atoms with Gasteiger partial charge in [0.25, 0.3) is 0 Å². The van der Waals surface area contributed by atoms with Crippen LogP contribution in [-0.2, 0) is 6.42 Å². The molecule has 4 rings (SSSR count). The van der Waals surface area contributed by atoms with Crippen molar-refractivity contribution in [1.29, 1.82) is 0 Å². The molecule has 5 unspecified atom stereocenters. The summed E-state index contributed by atoms with van der Waals surface area (Å²) in [5, 5.41) is 0. The van der Waals surface area contributed by atoms with Crippen molar-refractivity contribution >= 4 is 27.3 Å². The van der Waals surface area contributed by atoms with Crippen molar-refractivity contribution in [3.63, 3.8) is 0 Å². The molecule has 0 spiro atoms. The molecule has 98 valence electrons. The summed E-state index contributed by atoms with van der Waals surface area (Å²) in [6.07, 6.45) is 5.60. The SMILES string of the molecule is NNC(Cc1ccc(Br)s1)C1C2C3CCC(C3)C21. The zero-order chi connectivity index (χ0) is 12.3. The minimum atomic E-state index is 0.494. The molecule has 18 heavy (non-hydrogen) atoms. The first-order valence-electron chi connectivity index (χ1n) is 6.98. The third kappa shape index (κ3) is 1.73. The molecule has 3 N–H and O–H groups in total. The Morgan fingerprint density at radius 2 is 2.06 bits per heavy atom. The van der Waals surface area contributed by atoms with Gasteiger partial charge in [-0.3, -0.25) is 11.3 Å². The fourth-order valence-corrected chi connectivity index (χ4v) is 6.46. The molecule has 0 aromatic carbocycles. The number of halogens is 1. The van der Waals surface area contributed by atoms with Gasteiger partial charge in [-0.15, -0.1) is 11.3 Å². The molecule has 3 saturated carbocycles. The molecule has 0 amide bonds. The lowest BCUT2D eigenvalue weighted by atomic mass is 9.95. The Bertz CT molecular complexity index is 444. The van der Waals surface area contributed by atoms with Crippen molar-refractivity contribution in [3.05, 3.63) is 20.8 Å². The van der Waals surface area contributed by atoms with Gasteiger partial charge in [0, 0.05) is 10.9 Å². The molecule has 1 heterocycles. The Labute approximate surface area is 120 Å². The van der Waals surface area contributed by atoms with Crippen LogP contribution in [0, 0.1) is 29.6 Å². The zero-order valence-electron chi connectivity index (χ0n) is 10.3. The van der Waals surface area contributed by atoms with Crippen LogP contribution in [0.3, 0.4) is 0 Å². The molecule has 1 aromatic rings. The van der Waals surface area contributed by atoms with E-state index >= 15 is 0 Å². The molecule has 5 atom stereocenters. The van der Waals surface area contributed by atoms with Crippen LogP contribution in [-0.4, -0.2) is 6.04 Å². The smallest absolute Gasteiger partial charge is 0.0701 e. The minimum Gasteiger partial charge on any atom is -0.271 e. The lowest BCUT2D eigenvalue weighted by Crippen LogP contribution is -2.40. The van der Waals surface area contributed by atoms with Crippen LogP contribution in [0.2, 0.25) is 0 Å². The Morgan fingerprint density at radius 3 is 2.61 bits per heavy atom. The van der Waals surface area contributed by atoms with E-state index in [9.17, 15) is 0 Å². The summed E-state index contributed by atoms with van der Waals surface area (Å²) >= 11 is 5.38. The van der Waals surface area contributed by atoms with E-state index in [1.807, 2.05) is 11.3 Å². The third-order valence-electron chi connectivity index (χ3n) is 5.52. The minimum absolute atomic E-state index is 0.494. The first-order valence-corrected chi connectivity index (χ1v) is 8.59. The number of rotatable bonds is 4. The standard InChI is InChI=1S/C14H19BrN2S/c15-11-4-3-9(18-11)6-10(17-16)14-12-7-1-2-8(5-7)13(12)14/h3-4,7-8,10,12-14,17H,1-2,5-6,16H2. The second-order valence-electron chi connectivity index (χ2n) is 6.25. The summed E-state index contributed by atoms with van der Waals surface area (Å²) in [6, 6.07) is 4.87. The van der Waals surface area contributed by atoms with Gasteiger partial charge in [0.1, 0.15) is 0 Å². The van der Waals surface area contributed by atoms with E-state index in [-0.39, 0.29) is 0 Å². The number of hydrogen-bond acceptors (Lipinski definition) is 3. The highest BCUT2D eigenvalue weighted by Crippen LogP contribution is 2.70. The molecule has 1 aromatic heterocycles. The largest absolute Gasteiger partial charge is 0.271 e. The van der Waals surface area contributed by atoms with Gasteiger partial charge in [-0.25, -0.2) is 0 Å². The molecule has 0 saturated heterocycles. The molecule has 2 bridgehead atoms. The van der Waals surface area contributed by atoms with E-state index in [0.717, 1.165) is 36.0 Å². The average molecular weight is 327 g/mol. The zero-order valence-corrected chi connectivity index (χ0v) is 12.7. The lowest BCUT2D eigenvalue weighted by molar-refractivity contribution is 0.366. The molecular formula is C14H19BrN2S. The number of nitrogens with one attached hydrogen (secondary N) is 1. The van der Waals surface area contributed by atoms with Gasteiger partial charge in [-0.2, -0.15) is 0 Å². The maximum atomic E-state index is 5.83. The number of fused-ring (bicyclic) bond motifs is 5. The average Bonchev–Trinajstić information content (AvgIpc) is 2.71. The molecule has 0 radical (unpaired) electrons. The van der Waals surface area contributed by atoms with Gasteiger partial charge < -0.3 is 0 Å². The van der Waals surface area contributed by atoms with Crippen molar-refractivity contribution in [2.24, 2.45) is 35.4 Å². The van der Waals surface area contributed by atoms with Crippen molar-refractivity contribution in [2.75, 3.05) is 0 Å². The van der Waals surface area contributed by atoms with Crippen LogP contribution < -0.4 is 11.3 Å². The highest BCUT2D eigenvalue weighted by atomic mass is 79.9. The highest BCUT2D eigenvalue weighted by molar-refractivity contribution is 9.11. The predicted octanol–water partition coefficient (Wildman–Crippen LogP) is 3.18. The van der Waals surface area contributed by atoms with Crippen LogP contribution in [0.25, 0.3) is 0 Å². The summed E-state index contributed by atoms with van der Waals surface area (Å²) in [4.78, 5) is 1.45. The van der Waals surface area contributed by atoms with E-state index in [1.54, 1.807) is 0 Å². The number of hydrazine groups is 1. The number of hydrogen-bond donors (Lipinski definition) is 2. The summed E-state index contributed by atoms with van der Waals surface area (Å²) < 4.78 is 1.23. The van der Waals surface area contributed by atoms with Gasteiger partial charge in [0.15, 0.2) is 0 Å². The van der Waals surface area contributed by atoms with Crippen LogP contribution >= 0.6 is 27.3 Å². The fraction of sp³-hybridized carbons (Fsp3) is 0.714. The van der Waals surface area contributed by atoms with Gasteiger partial charge in [0.05, 0.1) is 3.79 Å². The van der Waals surface area contributed by atoms with Gasteiger partial charge in [-0.1, -0.05) is 0 Å². The summed E-state index contributed by atoms with van der Waals surface area (Å²) in [5.74, 6) is 10.8. The Hall–Kier alpha value is 0.1000. The van der Waals surface area contributed by atoms with E-state index in [1.165, 1.54) is 27.9 Å².